The number of benzene rings is 3. The number of amides is 1. The van der Waals surface area contributed by atoms with E-state index in [-0.39, 0.29) is 11.7 Å². The summed E-state index contributed by atoms with van der Waals surface area (Å²) in [5, 5.41) is 8.54. The third kappa shape index (κ3) is 4.95. The molecule has 4 aromatic rings. The van der Waals surface area contributed by atoms with Gasteiger partial charge in [0.2, 0.25) is 5.82 Å². The van der Waals surface area contributed by atoms with Crippen LogP contribution in [-0.2, 0) is 6.42 Å². The average Bonchev–Trinajstić information content (AvgIpc) is 3.21. The molecule has 31 heavy (non-hydrogen) atoms. The SMILES string of the molecule is Cc1cccc(-n2nc(C(=O)NCCc3ccc(Cl)cc3Cl)nc2-c2ccccc2)c1. The third-order valence-electron chi connectivity index (χ3n) is 4.78. The van der Waals surface area contributed by atoms with E-state index in [4.69, 9.17) is 23.2 Å². The molecule has 7 heteroatoms. The van der Waals surface area contributed by atoms with Gasteiger partial charge >= 0.3 is 0 Å². The fourth-order valence-electron chi connectivity index (χ4n) is 3.24. The van der Waals surface area contributed by atoms with Crippen LogP contribution in [0.3, 0.4) is 0 Å². The second-order valence-corrected chi connectivity index (χ2v) is 7.96. The number of rotatable bonds is 6. The summed E-state index contributed by atoms with van der Waals surface area (Å²) in [5.41, 5.74) is 3.73. The van der Waals surface area contributed by atoms with E-state index < -0.39 is 0 Å². The molecule has 0 saturated carbocycles. The molecule has 0 radical (unpaired) electrons. The second-order valence-electron chi connectivity index (χ2n) is 7.12. The smallest absolute Gasteiger partial charge is 0.291 e. The van der Waals surface area contributed by atoms with Crippen LogP contribution in [0.1, 0.15) is 21.7 Å². The van der Waals surface area contributed by atoms with Crippen molar-refractivity contribution in [1.29, 1.82) is 0 Å². The van der Waals surface area contributed by atoms with Gasteiger partial charge in [-0.25, -0.2) is 9.67 Å². The van der Waals surface area contributed by atoms with Gasteiger partial charge < -0.3 is 5.32 Å². The minimum atomic E-state index is -0.339. The van der Waals surface area contributed by atoms with Gasteiger partial charge in [-0.05, 0) is 48.7 Å². The third-order valence-corrected chi connectivity index (χ3v) is 5.37. The van der Waals surface area contributed by atoms with Gasteiger partial charge in [0, 0.05) is 22.2 Å². The first-order valence-electron chi connectivity index (χ1n) is 9.83. The normalized spacial score (nSPS) is 10.8. The van der Waals surface area contributed by atoms with Gasteiger partial charge in [0.25, 0.3) is 5.91 Å². The number of aryl methyl sites for hydroxylation is 1. The molecular weight excluding hydrogens is 431 g/mol. The van der Waals surface area contributed by atoms with E-state index in [1.165, 1.54) is 0 Å². The predicted octanol–water partition coefficient (Wildman–Crippen LogP) is 5.52. The first-order chi connectivity index (χ1) is 15.0. The highest BCUT2D eigenvalue weighted by Gasteiger charge is 2.18. The zero-order chi connectivity index (χ0) is 21.8. The quantitative estimate of drug-likeness (QED) is 0.420. The summed E-state index contributed by atoms with van der Waals surface area (Å²) in [6.07, 6.45) is 0.575. The Morgan fingerprint density at radius 1 is 1.00 bits per heavy atom. The molecule has 0 bridgehead atoms. The molecule has 1 heterocycles. The van der Waals surface area contributed by atoms with Gasteiger partial charge in [-0.2, -0.15) is 0 Å². The van der Waals surface area contributed by atoms with Crippen molar-refractivity contribution in [1.82, 2.24) is 20.1 Å². The summed E-state index contributed by atoms with van der Waals surface area (Å²) in [4.78, 5) is 17.3. The lowest BCUT2D eigenvalue weighted by molar-refractivity contribution is 0.0944. The van der Waals surface area contributed by atoms with E-state index in [1.54, 1.807) is 16.8 Å². The first kappa shape index (κ1) is 21.1. The van der Waals surface area contributed by atoms with E-state index in [9.17, 15) is 4.79 Å². The fourth-order valence-corrected chi connectivity index (χ4v) is 3.74. The highest BCUT2D eigenvalue weighted by atomic mass is 35.5. The van der Waals surface area contributed by atoms with E-state index in [0.717, 1.165) is 22.4 Å². The average molecular weight is 451 g/mol. The van der Waals surface area contributed by atoms with Crippen LogP contribution in [0.25, 0.3) is 17.1 Å². The molecule has 0 spiro atoms. The molecule has 5 nitrogen and oxygen atoms in total. The maximum atomic E-state index is 12.8. The van der Waals surface area contributed by atoms with Crippen molar-refractivity contribution in [2.24, 2.45) is 0 Å². The maximum absolute atomic E-state index is 12.8. The molecule has 0 unspecified atom stereocenters. The predicted molar refractivity (Wildman–Crippen MR) is 124 cm³/mol. The van der Waals surface area contributed by atoms with Gasteiger partial charge in [-0.3, -0.25) is 4.79 Å². The van der Waals surface area contributed by atoms with Crippen molar-refractivity contribution < 1.29 is 4.79 Å². The molecular formula is C24H20Cl2N4O. The topological polar surface area (TPSA) is 59.8 Å². The van der Waals surface area contributed by atoms with Gasteiger partial charge in [0.1, 0.15) is 0 Å². The van der Waals surface area contributed by atoms with Crippen molar-refractivity contribution >= 4 is 29.1 Å². The molecule has 0 aliphatic rings. The fraction of sp³-hybridized carbons (Fsp3) is 0.125. The minimum absolute atomic E-state index is 0.113. The molecule has 4 rings (SSSR count). The molecule has 0 fully saturated rings. The summed E-state index contributed by atoms with van der Waals surface area (Å²) in [6.45, 7) is 2.41. The van der Waals surface area contributed by atoms with E-state index in [2.05, 4.69) is 15.4 Å². The van der Waals surface area contributed by atoms with Crippen molar-refractivity contribution in [2.45, 2.75) is 13.3 Å². The lowest BCUT2D eigenvalue weighted by Gasteiger charge is -2.06. The summed E-state index contributed by atoms with van der Waals surface area (Å²) in [6, 6.07) is 22.9. The van der Waals surface area contributed by atoms with Crippen LogP contribution in [-0.4, -0.2) is 27.2 Å². The number of nitrogens with zero attached hydrogens (tertiary/aromatic N) is 3. The molecule has 1 amide bonds. The number of carbonyl (C=O) groups excluding carboxylic acids is 1. The monoisotopic (exact) mass is 450 g/mol. The van der Waals surface area contributed by atoms with E-state index in [1.807, 2.05) is 67.6 Å². The Morgan fingerprint density at radius 3 is 2.55 bits per heavy atom. The van der Waals surface area contributed by atoms with Crippen LogP contribution in [0.2, 0.25) is 10.0 Å². The van der Waals surface area contributed by atoms with Gasteiger partial charge in [0.05, 0.1) is 5.69 Å². The van der Waals surface area contributed by atoms with Gasteiger partial charge in [0.15, 0.2) is 5.82 Å². The Labute approximate surface area is 190 Å². The standard InChI is InChI=1S/C24H20Cl2N4O/c1-16-6-5-9-20(14-16)30-23(18-7-3-2-4-8-18)28-22(29-30)24(31)27-13-12-17-10-11-19(25)15-21(17)26/h2-11,14-15H,12-13H2,1H3,(H,27,31). The zero-order valence-electron chi connectivity index (χ0n) is 16.8. The molecule has 1 aromatic heterocycles. The number of carbonyl (C=O) groups is 1. The van der Waals surface area contributed by atoms with Crippen molar-refractivity contribution in [3.05, 3.63) is 99.8 Å². The highest BCUT2D eigenvalue weighted by molar-refractivity contribution is 6.35. The highest BCUT2D eigenvalue weighted by Crippen LogP contribution is 2.22. The van der Waals surface area contributed by atoms with Crippen LogP contribution in [0.5, 0.6) is 0 Å². The molecule has 0 aliphatic heterocycles. The Hall–Kier alpha value is -3.15. The first-order valence-corrected chi connectivity index (χ1v) is 10.6. The van der Waals surface area contributed by atoms with E-state index >= 15 is 0 Å². The Balaban J connectivity index is 1.57. The number of halogens is 2. The van der Waals surface area contributed by atoms with Crippen molar-refractivity contribution in [3.63, 3.8) is 0 Å². The molecule has 156 valence electrons. The van der Waals surface area contributed by atoms with Crippen LogP contribution in [0.15, 0.2) is 72.8 Å². The Kier molecular flexibility index (Phi) is 6.35. The maximum Gasteiger partial charge on any atom is 0.291 e. The number of hydrogen-bond acceptors (Lipinski definition) is 3. The van der Waals surface area contributed by atoms with Gasteiger partial charge in [-0.15, -0.1) is 5.10 Å². The Morgan fingerprint density at radius 2 is 1.81 bits per heavy atom. The Bertz CT molecular complexity index is 1220. The van der Waals surface area contributed by atoms with Crippen LogP contribution in [0.4, 0.5) is 0 Å². The minimum Gasteiger partial charge on any atom is -0.349 e. The lowest BCUT2D eigenvalue weighted by Crippen LogP contribution is -2.27. The summed E-state index contributed by atoms with van der Waals surface area (Å²) in [7, 11) is 0. The van der Waals surface area contributed by atoms with Gasteiger partial charge in [-0.1, -0.05) is 71.7 Å². The van der Waals surface area contributed by atoms with E-state index in [0.29, 0.717) is 28.8 Å². The number of aromatic nitrogens is 3. The number of nitrogens with one attached hydrogen (secondary N) is 1. The van der Waals surface area contributed by atoms with Crippen molar-refractivity contribution in [2.75, 3.05) is 6.54 Å². The zero-order valence-corrected chi connectivity index (χ0v) is 18.4. The largest absolute Gasteiger partial charge is 0.349 e. The van der Waals surface area contributed by atoms with Crippen LogP contribution >= 0.6 is 23.2 Å². The second kappa shape index (κ2) is 9.33. The summed E-state index contributed by atoms with van der Waals surface area (Å²) in [5.74, 6) is 0.383. The molecule has 0 atom stereocenters. The number of hydrogen-bond donors (Lipinski definition) is 1. The van der Waals surface area contributed by atoms with Crippen molar-refractivity contribution in [3.8, 4) is 17.1 Å². The lowest BCUT2D eigenvalue weighted by atomic mass is 10.1. The summed E-state index contributed by atoms with van der Waals surface area (Å²) < 4.78 is 1.70. The molecule has 1 N–H and O–H groups in total. The molecule has 3 aromatic carbocycles. The molecule has 0 aliphatic carbocycles. The van der Waals surface area contributed by atoms with Crippen LogP contribution < -0.4 is 5.32 Å². The summed E-state index contributed by atoms with van der Waals surface area (Å²) >= 11 is 12.1. The van der Waals surface area contributed by atoms with Crippen LogP contribution in [0, 0.1) is 6.92 Å². The molecule has 0 saturated heterocycles.